The number of nitrogens with zero attached hydrogens (tertiary/aromatic N) is 2. The summed E-state index contributed by atoms with van der Waals surface area (Å²) in [5.41, 5.74) is 1.94. The minimum Gasteiger partial charge on any atom is -0.370 e. The molecule has 4 nitrogen and oxygen atoms in total. The van der Waals surface area contributed by atoms with Crippen LogP contribution in [-0.2, 0) is 0 Å². The lowest BCUT2D eigenvalue weighted by molar-refractivity contribution is 1.08. The Kier molecular flexibility index (Phi) is 3.99. The molecule has 0 aliphatic heterocycles. The second-order valence-electron chi connectivity index (χ2n) is 3.86. The van der Waals surface area contributed by atoms with E-state index in [1.807, 2.05) is 38.1 Å². The first kappa shape index (κ1) is 12.6. The Bertz CT molecular complexity index is 525. The third kappa shape index (κ3) is 2.90. The highest BCUT2D eigenvalue weighted by Gasteiger charge is 2.06. The predicted molar refractivity (Wildman–Crippen MR) is 75.7 cm³/mol. The van der Waals surface area contributed by atoms with Gasteiger partial charge >= 0.3 is 0 Å². The van der Waals surface area contributed by atoms with Crippen LogP contribution in [0.15, 0.2) is 30.6 Å². The lowest BCUT2D eigenvalue weighted by Crippen LogP contribution is -2.05. The van der Waals surface area contributed by atoms with E-state index in [0.29, 0.717) is 5.02 Å². The molecule has 0 unspecified atom stereocenters. The van der Waals surface area contributed by atoms with Gasteiger partial charge in [0.2, 0.25) is 0 Å². The molecule has 2 rings (SSSR count). The van der Waals surface area contributed by atoms with E-state index in [0.717, 1.165) is 29.4 Å². The summed E-state index contributed by atoms with van der Waals surface area (Å²) in [6.07, 6.45) is 1.54. The molecule has 0 saturated heterocycles. The summed E-state index contributed by atoms with van der Waals surface area (Å²) in [7, 11) is 0. The van der Waals surface area contributed by atoms with E-state index in [1.165, 1.54) is 0 Å². The van der Waals surface area contributed by atoms with Crippen LogP contribution in [0.5, 0.6) is 0 Å². The van der Waals surface area contributed by atoms with Gasteiger partial charge in [0.15, 0.2) is 0 Å². The number of anilines is 3. The molecule has 0 aliphatic rings. The van der Waals surface area contributed by atoms with E-state index >= 15 is 0 Å². The van der Waals surface area contributed by atoms with Crippen molar-refractivity contribution in [2.45, 2.75) is 13.8 Å². The van der Waals surface area contributed by atoms with Gasteiger partial charge in [0.25, 0.3) is 0 Å². The molecule has 1 aromatic heterocycles. The molecule has 0 saturated carbocycles. The Labute approximate surface area is 111 Å². The zero-order valence-electron chi connectivity index (χ0n) is 10.4. The van der Waals surface area contributed by atoms with Crippen molar-refractivity contribution in [1.82, 2.24) is 9.97 Å². The zero-order chi connectivity index (χ0) is 13.0. The smallest absolute Gasteiger partial charge is 0.138 e. The van der Waals surface area contributed by atoms with Crippen molar-refractivity contribution in [2.75, 3.05) is 17.2 Å². The van der Waals surface area contributed by atoms with Gasteiger partial charge in [-0.05, 0) is 38.1 Å². The topological polar surface area (TPSA) is 49.8 Å². The zero-order valence-corrected chi connectivity index (χ0v) is 11.1. The van der Waals surface area contributed by atoms with E-state index in [2.05, 4.69) is 20.6 Å². The highest BCUT2D eigenvalue weighted by atomic mass is 35.5. The van der Waals surface area contributed by atoms with Gasteiger partial charge in [0.1, 0.15) is 18.0 Å². The van der Waals surface area contributed by atoms with Crippen molar-refractivity contribution in [3.63, 3.8) is 0 Å². The van der Waals surface area contributed by atoms with Crippen LogP contribution in [0.2, 0.25) is 5.02 Å². The van der Waals surface area contributed by atoms with Gasteiger partial charge in [-0.25, -0.2) is 9.97 Å². The van der Waals surface area contributed by atoms with E-state index in [1.54, 1.807) is 6.33 Å². The monoisotopic (exact) mass is 262 g/mol. The van der Waals surface area contributed by atoms with Gasteiger partial charge in [-0.2, -0.15) is 0 Å². The molecule has 0 spiro atoms. The second kappa shape index (κ2) is 5.69. The largest absolute Gasteiger partial charge is 0.370 e. The summed E-state index contributed by atoms with van der Waals surface area (Å²) < 4.78 is 0. The number of halogens is 1. The number of hydrogen-bond acceptors (Lipinski definition) is 4. The highest BCUT2D eigenvalue weighted by Crippen LogP contribution is 2.23. The van der Waals surface area contributed by atoms with Gasteiger partial charge in [0.05, 0.1) is 0 Å². The van der Waals surface area contributed by atoms with E-state index in [-0.39, 0.29) is 0 Å². The molecule has 94 valence electrons. The number of aromatic nitrogens is 2. The van der Waals surface area contributed by atoms with Gasteiger partial charge in [0, 0.05) is 22.8 Å². The molecule has 0 aliphatic carbocycles. The Balaban J connectivity index is 2.23. The molecule has 5 heteroatoms. The van der Waals surface area contributed by atoms with Crippen LogP contribution < -0.4 is 10.6 Å². The first-order chi connectivity index (χ1) is 8.70. The first-order valence-electron chi connectivity index (χ1n) is 5.78. The van der Waals surface area contributed by atoms with Crippen molar-refractivity contribution in [2.24, 2.45) is 0 Å². The minimum absolute atomic E-state index is 0.716. The molecule has 18 heavy (non-hydrogen) atoms. The van der Waals surface area contributed by atoms with Crippen LogP contribution in [0.1, 0.15) is 12.5 Å². The summed E-state index contributed by atoms with van der Waals surface area (Å²) in [6.45, 7) is 4.85. The normalized spacial score (nSPS) is 10.2. The van der Waals surface area contributed by atoms with Crippen molar-refractivity contribution >= 4 is 28.9 Å². The summed E-state index contributed by atoms with van der Waals surface area (Å²) in [6, 6.07) is 7.50. The fourth-order valence-electron chi connectivity index (χ4n) is 1.59. The fourth-order valence-corrected chi connectivity index (χ4v) is 1.72. The van der Waals surface area contributed by atoms with Gasteiger partial charge in [-0.15, -0.1) is 0 Å². The van der Waals surface area contributed by atoms with E-state index < -0.39 is 0 Å². The summed E-state index contributed by atoms with van der Waals surface area (Å²) >= 11 is 5.85. The van der Waals surface area contributed by atoms with Gasteiger partial charge in [-0.3, -0.25) is 0 Å². The van der Waals surface area contributed by atoms with Crippen molar-refractivity contribution in [3.8, 4) is 0 Å². The summed E-state index contributed by atoms with van der Waals surface area (Å²) in [5, 5.41) is 7.16. The molecular weight excluding hydrogens is 248 g/mol. The molecule has 0 bridgehead atoms. The molecule has 0 fully saturated rings. The van der Waals surface area contributed by atoms with Crippen LogP contribution in [-0.4, -0.2) is 16.5 Å². The average Bonchev–Trinajstić information content (AvgIpc) is 2.37. The summed E-state index contributed by atoms with van der Waals surface area (Å²) in [4.78, 5) is 8.44. The molecule has 0 amide bonds. The minimum atomic E-state index is 0.716. The maximum absolute atomic E-state index is 5.85. The van der Waals surface area contributed by atoms with Crippen LogP contribution in [0.25, 0.3) is 0 Å². The lowest BCUT2D eigenvalue weighted by Gasteiger charge is -2.11. The predicted octanol–water partition coefficient (Wildman–Crippen LogP) is 3.61. The molecule has 0 radical (unpaired) electrons. The molecule has 0 atom stereocenters. The van der Waals surface area contributed by atoms with Crippen LogP contribution in [0.3, 0.4) is 0 Å². The maximum atomic E-state index is 5.85. The first-order valence-corrected chi connectivity index (χ1v) is 6.16. The number of nitrogens with one attached hydrogen (secondary N) is 2. The standard InChI is InChI=1S/C13H15ClN4/c1-3-15-12-9(2)13(17-8-16-12)18-11-6-4-10(14)5-7-11/h4-8H,3H2,1-2H3,(H2,15,16,17,18). The molecule has 1 heterocycles. The molecule has 2 aromatic rings. The third-order valence-corrected chi connectivity index (χ3v) is 2.79. The summed E-state index contributed by atoms with van der Waals surface area (Å²) in [5.74, 6) is 1.65. The van der Waals surface area contributed by atoms with Gasteiger partial charge in [-0.1, -0.05) is 11.6 Å². The quantitative estimate of drug-likeness (QED) is 0.884. The number of rotatable bonds is 4. The Morgan fingerprint density at radius 1 is 1.11 bits per heavy atom. The average molecular weight is 263 g/mol. The Hall–Kier alpha value is -1.81. The Morgan fingerprint density at radius 3 is 2.44 bits per heavy atom. The van der Waals surface area contributed by atoms with Crippen molar-refractivity contribution in [1.29, 1.82) is 0 Å². The highest BCUT2D eigenvalue weighted by molar-refractivity contribution is 6.30. The third-order valence-electron chi connectivity index (χ3n) is 2.54. The molecular formula is C13H15ClN4. The van der Waals surface area contributed by atoms with Crippen LogP contribution >= 0.6 is 11.6 Å². The number of benzene rings is 1. The van der Waals surface area contributed by atoms with E-state index in [4.69, 9.17) is 11.6 Å². The van der Waals surface area contributed by atoms with Crippen molar-refractivity contribution < 1.29 is 0 Å². The molecule has 2 N–H and O–H groups in total. The fraction of sp³-hybridized carbons (Fsp3) is 0.231. The Morgan fingerprint density at radius 2 is 1.78 bits per heavy atom. The molecule has 1 aromatic carbocycles. The van der Waals surface area contributed by atoms with E-state index in [9.17, 15) is 0 Å². The van der Waals surface area contributed by atoms with Gasteiger partial charge < -0.3 is 10.6 Å². The van der Waals surface area contributed by atoms with Crippen molar-refractivity contribution in [3.05, 3.63) is 41.2 Å². The van der Waals surface area contributed by atoms with Crippen LogP contribution in [0.4, 0.5) is 17.3 Å². The SMILES string of the molecule is CCNc1ncnc(Nc2ccc(Cl)cc2)c1C. The number of hydrogen-bond donors (Lipinski definition) is 2. The second-order valence-corrected chi connectivity index (χ2v) is 4.29. The maximum Gasteiger partial charge on any atom is 0.138 e. The van der Waals surface area contributed by atoms with Crippen LogP contribution in [0, 0.1) is 6.92 Å². The lowest BCUT2D eigenvalue weighted by atomic mass is 10.2.